The first-order valence-electron chi connectivity index (χ1n) is 7.93. The van der Waals surface area contributed by atoms with E-state index in [0.717, 1.165) is 34.7 Å². The van der Waals surface area contributed by atoms with Crippen molar-refractivity contribution in [3.05, 3.63) is 70.2 Å². The Morgan fingerprint density at radius 1 is 1.09 bits per heavy atom. The van der Waals surface area contributed by atoms with E-state index in [0.29, 0.717) is 18.8 Å². The van der Waals surface area contributed by atoms with Gasteiger partial charge < -0.3 is 4.79 Å². The molecule has 0 N–H and O–H groups in total. The van der Waals surface area contributed by atoms with Crippen LogP contribution in [-0.2, 0) is 10.2 Å². The molecule has 0 spiro atoms. The van der Waals surface area contributed by atoms with Gasteiger partial charge in [-0.05, 0) is 36.5 Å². The van der Waals surface area contributed by atoms with E-state index in [-0.39, 0.29) is 11.2 Å². The number of hydrogen-bond donors (Lipinski definition) is 0. The Kier molecular flexibility index (Phi) is 4.76. The number of ketones is 1. The SMILES string of the molecule is O=CCC(CC(=O)c1ccccc1)(c1ccc(Br)cc1)C1CC1. The molecule has 2 aromatic rings. The molecule has 1 fully saturated rings. The molecule has 0 amide bonds. The molecule has 118 valence electrons. The lowest BCUT2D eigenvalue weighted by Crippen LogP contribution is -2.32. The van der Waals surface area contributed by atoms with Gasteiger partial charge in [-0.1, -0.05) is 58.4 Å². The minimum absolute atomic E-state index is 0.113. The highest BCUT2D eigenvalue weighted by Crippen LogP contribution is 2.51. The molecule has 0 aromatic heterocycles. The van der Waals surface area contributed by atoms with Crippen LogP contribution < -0.4 is 0 Å². The van der Waals surface area contributed by atoms with E-state index in [1.54, 1.807) is 0 Å². The summed E-state index contributed by atoms with van der Waals surface area (Å²) in [6, 6.07) is 17.4. The Labute approximate surface area is 145 Å². The molecule has 0 heterocycles. The van der Waals surface area contributed by atoms with Gasteiger partial charge in [-0.2, -0.15) is 0 Å². The fourth-order valence-electron chi connectivity index (χ4n) is 3.42. The summed E-state index contributed by atoms with van der Waals surface area (Å²) in [5.41, 5.74) is 1.45. The van der Waals surface area contributed by atoms with Crippen LogP contribution in [0.15, 0.2) is 59.1 Å². The van der Waals surface area contributed by atoms with E-state index in [1.165, 1.54) is 0 Å². The first kappa shape index (κ1) is 16.1. The Morgan fingerprint density at radius 2 is 1.74 bits per heavy atom. The van der Waals surface area contributed by atoms with Gasteiger partial charge in [0.05, 0.1) is 0 Å². The lowest BCUT2D eigenvalue weighted by Gasteiger charge is -2.33. The standard InChI is InChI=1S/C20H19BrO2/c21-18-10-8-17(9-11-18)20(12-13-22,16-6-7-16)14-19(23)15-4-2-1-3-5-15/h1-5,8-11,13,16H,6-7,12,14H2. The van der Waals surface area contributed by atoms with Crippen LogP contribution in [0.25, 0.3) is 0 Å². The highest BCUT2D eigenvalue weighted by molar-refractivity contribution is 9.10. The van der Waals surface area contributed by atoms with E-state index in [2.05, 4.69) is 15.9 Å². The van der Waals surface area contributed by atoms with Crippen LogP contribution >= 0.6 is 15.9 Å². The Bertz CT molecular complexity index is 689. The fourth-order valence-corrected chi connectivity index (χ4v) is 3.68. The molecule has 0 radical (unpaired) electrons. The average Bonchev–Trinajstić information content (AvgIpc) is 3.41. The molecule has 0 bridgehead atoms. The number of hydrogen-bond acceptors (Lipinski definition) is 2. The van der Waals surface area contributed by atoms with Crippen LogP contribution in [0.5, 0.6) is 0 Å². The third kappa shape index (κ3) is 3.45. The van der Waals surface area contributed by atoms with Crippen molar-refractivity contribution in [3.63, 3.8) is 0 Å². The minimum Gasteiger partial charge on any atom is -0.303 e. The van der Waals surface area contributed by atoms with Gasteiger partial charge >= 0.3 is 0 Å². The quantitative estimate of drug-likeness (QED) is 0.509. The first-order chi connectivity index (χ1) is 11.2. The van der Waals surface area contributed by atoms with E-state index in [4.69, 9.17) is 0 Å². The molecule has 1 atom stereocenters. The lowest BCUT2D eigenvalue weighted by atomic mass is 9.69. The van der Waals surface area contributed by atoms with Crippen molar-refractivity contribution in [2.24, 2.45) is 5.92 Å². The molecule has 0 saturated heterocycles. The zero-order chi connectivity index (χ0) is 16.3. The third-order valence-electron chi connectivity index (χ3n) is 4.80. The minimum atomic E-state index is -0.366. The molecule has 23 heavy (non-hydrogen) atoms. The summed E-state index contributed by atoms with van der Waals surface area (Å²) in [5.74, 6) is 0.531. The molecule has 1 aliphatic rings. The number of carbonyl (C=O) groups is 2. The van der Waals surface area contributed by atoms with Crippen molar-refractivity contribution in [1.29, 1.82) is 0 Å². The first-order valence-corrected chi connectivity index (χ1v) is 8.73. The summed E-state index contributed by atoms with van der Waals surface area (Å²) in [5, 5.41) is 0. The molecule has 3 rings (SSSR count). The normalized spacial score (nSPS) is 16.6. The second-order valence-corrected chi connectivity index (χ2v) is 7.19. The third-order valence-corrected chi connectivity index (χ3v) is 5.33. The van der Waals surface area contributed by atoms with Gasteiger partial charge in [0.1, 0.15) is 6.29 Å². The Hall–Kier alpha value is -1.74. The second-order valence-electron chi connectivity index (χ2n) is 6.27. The molecule has 3 heteroatoms. The van der Waals surface area contributed by atoms with Crippen molar-refractivity contribution < 1.29 is 9.59 Å². The van der Waals surface area contributed by atoms with Crippen molar-refractivity contribution in [2.75, 3.05) is 0 Å². The second kappa shape index (κ2) is 6.79. The van der Waals surface area contributed by atoms with Gasteiger partial charge in [0.15, 0.2) is 5.78 Å². The maximum Gasteiger partial charge on any atom is 0.163 e. The topological polar surface area (TPSA) is 34.1 Å². The summed E-state index contributed by atoms with van der Waals surface area (Å²) in [6.45, 7) is 0. The number of rotatable bonds is 7. The largest absolute Gasteiger partial charge is 0.303 e. The van der Waals surface area contributed by atoms with Gasteiger partial charge in [0, 0.05) is 28.3 Å². The molecule has 0 aliphatic heterocycles. The monoisotopic (exact) mass is 370 g/mol. The zero-order valence-electron chi connectivity index (χ0n) is 12.9. The molecule has 1 unspecified atom stereocenters. The predicted molar refractivity (Wildman–Crippen MR) is 94.6 cm³/mol. The summed E-state index contributed by atoms with van der Waals surface area (Å²) < 4.78 is 1.01. The van der Waals surface area contributed by atoms with Gasteiger partial charge in [-0.25, -0.2) is 0 Å². The van der Waals surface area contributed by atoms with Crippen LogP contribution in [0.1, 0.15) is 41.6 Å². The summed E-state index contributed by atoms with van der Waals surface area (Å²) in [7, 11) is 0. The van der Waals surface area contributed by atoms with Crippen molar-refractivity contribution in [2.45, 2.75) is 31.1 Å². The van der Waals surface area contributed by atoms with Crippen LogP contribution in [0.3, 0.4) is 0 Å². The van der Waals surface area contributed by atoms with Gasteiger partial charge in [0.25, 0.3) is 0 Å². The van der Waals surface area contributed by atoms with Crippen LogP contribution in [0, 0.1) is 5.92 Å². The van der Waals surface area contributed by atoms with Crippen molar-refractivity contribution in [3.8, 4) is 0 Å². The smallest absolute Gasteiger partial charge is 0.163 e. The zero-order valence-corrected chi connectivity index (χ0v) is 14.5. The molecule has 2 aromatic carbocycles. The lowest BCUT2D eigenvalue weighted by molar-refractivity contribution is -0.109. The maximum absolute atomic E-state index is 12.8. The maximum atomic E-state index is 12.8. The highest BCUT2D eigenvalue weighted by atomic mass is 79.9. The number of benzene rings is 2. The van der Waals surface area contributed by atoms with Crippen molar-refractivity contribution >= 4 is 28.0 Å². The van der Waals surface area contributed by atoms with Gasteiger partial charge in [-0.3, -0.25) is 4.79 Å². The van der Waals surface area contributed by atoms with Crippen LogP contribution in [0.2, 0.25) is 0 Å². The number of Topliss-reactive ketones (excluding diaryl/α,β-unsaturated/α-hetero) is 1. The van der Waals surface area contributed by atoms with Gasteiger partial charge in [-0.15, -0.1) is 0 Å². The fraction of sp³-hybridized carbons (Fsp3) is 0.300. The number of halogens is 1. The highest BCUT2D eigenvalue weighted by Gasteiger charge is 2.47. The average molecular weight is 371 g/mol. The molecule has 2 nitrogen and oxygen atoms in total. The molecule has 1 saturated carbocycles. The van der Waals surface area contributed by atoms with E-state index in [1.807, 2.05) is 54.6 Å². The van der Waals surface area contributed by atoms with Gasteiger partial charge in [0.2, 0.25) is 0 Å². The number of aldehydes is 1. The van der Waals surface area contributed by atoms with Crippen molar-refractivity contribution in [1.82, 2.24) is 0 Å². The van der Waals surface area contributed by atoms with E-state index in [9.17, 15) is 9.59 Å². The van der Waals surface area contributed by atoms with Crippen LogP contribution in [-0.4, -0.2) is 12.1 Å². The molecular formula is C20H19BrO2. The molecule has 1 aliphatic carbocycles. The summed E-state index contributed by atoms with van der Waals surface area (Å²) >= 11 is 3.45. The number of carbonyl (C=O) groups excluding carboxylic acids is 2. The molecular weight excluding hydrogens is 352 g/mol. The summed E-state index contributed by atoms with van der Waals surface area (Å²) in [6.07, 6.45) is 3.94. The Balaban J connectivity index is 1.96. The Morgan fingerprint density at radius 3 is 2.30 bits per heavy atom. The van der Waals surface area contributed by atoms with E-state index >= 15 is 0 Å². The van der Waals surface area contributed by atoms with Crippen LogP contribution in [0.4, 0.5) is 0 Å². The van der Waals surface area contributed by atoms with E-state index < -0.39 is 0 Å². The predicted octanol–water partition coefficient (Wildman–Crippen LogP) is 4.96. The summed E-state index contributed by atoms with van der Waals surface area (Å²) in [4.78, 5) is 24.2.